The van der Waals surface area contributed by atoms with Gasteiger partial charge in [0, 0.05) is 18.3 Å². The van der Waals surface area contributed by atoms with Crippen LogP contribution in [0.1, 0.15) is 25.7 Å². The summed E-state index contributed by atoms with van der Waals surface area (Å²) in [6, 6.07) is 0.327. The Labute approximate surface area is 90.2 Å². The fourth-order valence-electron chi connectivity index (χ4n) is 2.06. The molecular formula is C10H20N2OS. The van der Waals surface area contributed by atoms with E-state index < -0.39 is 0 Å². The third-order valence-electron chi connectivity index (χ3n) is 2.84. The van der Waals surface area contributed by atoms with Gasteiger partial charge in [0.1, 0.15) is 0 Å². The van der Waals surface area contributed by atoms with Crippen molar-refractivity contribution < 1.29 is 4.79 Å². The predicted octanol–water partition coefficient (Wildman–Crippen LogP) is 0.983. The second kappa shape index (κ2) is 6.30. The lowest BCUT2D eigenvalue weighted by Crippen LogP contribution is -2.45. The number of carbonyl (C=O) groups is 1. The summed E-state index contributed by atoms with van der Waals surface area (Å²) in [5.41, 5.74) is 5.38. The summed E-state index contributed by atoms with van der Waals surface area (Å²) >= 11 is 1.82. The van der Waals surface area contributed by atoms with Crippen LogP contribution in [0.15, 0.2) is 0 Å². The number of rotatable bonds is 5. The van der Waals surface area contributed by atoms with Gasteiger partial charge in [-0.2, -0.15) is 11.8 Å². The molecule has 1 fully saturated rings. The van der Waals surface area contributed by atoms with Crippen LogP contribution in [0.2, 0.25) is 0 Å². The molecule has 0 aliphatic heterocycles. The maximum absolute atomic E-state index is 11.2. The Morgan fingerprint density at radius 2 is 2.21 bits per heavy atom. The summed E-state index contributed by atoms with van der Waals surface area (Å²) < 4.78 is 0. The highest BCUT2D eigenvalue weighted by Crippen LogP contribution is 2.23. The average Bonchev–Trinajstić information content (AvgIpc) is 2.19. The monoisotopic (exact) mass is 216 g/mol. The second-order valence-electron chi connectivity index (χ2n) is 3.85. The van der Waals surface area contributed by atoms with Gasteiger partial charge in [-0.1, -0.05) is 12.8 Å². The van der Waals surface area contributed by atoms with Crippen molar-refractivity contribution >= 4 is 17.7 Å². The summed E-state index contributed by atoms with van der Waals surface area (Å²) in [6.45, 7) is 0.982. The molecule has 0 heterocycles. The van der Waals surface area contributed by atoms with Crippen molar-refractivity contribution in [2.24, 2.45) is 11.7 Å². The first-order valence-corrected chi connectivity index (χ1v) is 6.66. The summed E-state index contributed by atoms with van der Waals surface area (Å²) in [6.07, 6.45) is 6.53. The molecule has 3 nitrogen and oxygen atoms in total. The Morgan fingerprint density at radius 3 is 2.86 bits per heavy atom. The molecule has 1 aliphatic carbocycles. The molecule has 1 amide bonds. The van der Waals surface area contributed by atoms with E-state index in [1.807, 2.05) is 11.8 Å². The first-order valence-electron chi connectivity index (χ1n) is 5.27. The highest BCUT2D eigenvalue weighted by Gasteiger charge is 2.28. The Kier molecular flexibility index (Phi) is 5.33. The van der Waals surface area contributed by atoms with Crippen molar-refractivity contribution in [2.45, 2.75) is 31.7 Å². The average molecular weight is 216 g/mol. The van der Waals surface area contributed by atoms with Gasteiger partial charge in [0.2, 0.25) is 5.91 Å². The number of hydrogen-bond donors (Lipinski definition) is 2. The van der Waals surface area contributed by atoms with E-state index in [-0.39, 0.29) is 11.8 Å². The molecule has 2 atom stereocenters. The fourth-order valence-corrected chi connectivity index (χ4v) is 2.38. The molecule has 0 spiro atoms. The molecule has 0 bridgehead atoms. The SMILES string of the molecule is CSCCN[C@@H]1CCCC[C@@H]1C(N)=O. The van der Waals surface area contributed by atoms with Crippen molar-refractivity contribution in [3.63, 3.8) is 0 Å². The van der Waals surface area contributed by atoms with Crippen molar-refractivity contribution in [1.82, 2.24) is 5.32 Å². The summed E-state index contributed by atoms with van der Waals surface area (Å²) in [4.78, 5) is 11.2. The molecule has 0 saturated heterocycles. The molecule has 82 valence electrons. The van der Waals surface area contributed by atoms with Gasteiger partial charge in [0.15, 0.2) is 0 Å². The van der Waals surface area contributed by atoms with E-state index in [0.29, 0.717) is 6.04 Å². The van der Waals surface area contributed by atoms with Gasteiger partial charge in [-0.3, -0.25) is 4.79 Å². The van der Waals surface area contributed by atoms with E-state index in [1.165, 1.54) is 6.42 Å². The van der Waals surface area contributed by atoms with Crippen LogP contribution in [0.3, 0.4) is 0 Å². The summed E-state index contributed by atoms with van der Waals surface area (Å²) in [5.74, 6) is 1.03. The number of thioether (sulfide) groups is 1. The Balaban J connectivity index is 2.34. The largest absolute Gasteiger partial charge is 0.369 e. The zero-order chi connectivity index (χ0) is 10.4. The number of carbonyl (C=O) groups excluding carboxylic acids is 1. The maximum atomic E-state index is 11.2. The minimum Gasteiger partial charge on any atom is -0.369 e. The summed E-state index contributed by atoms with van der Waals surface area (Å²) in [5, 5.41) is 3.43. The van der Waals surface area contributed by atoms with E-state index in [9.17, 15) is 4.79 Å². The zero-order valence-electron chi connectivity index (χ0n) is 8.79. The van der Waals surface area contributed by atoms with E-state index in [0.717, 1.165) is 31.6 Å². The minimum absolute atomic E-state index is 0.0607. The van der Waals surface area contributed by atoms with E-state index in [1.54, 1.807) is 0 Å². The molecule has 1 aliphatic rings. The highest BCUT2D eigenvalue weighted by atomic mass is 32.2. The molecule has 0 aromatic carbocycles. The first kappa shape index (κ1) is 11.9. The normalized spacial score (nSPS) is 27.5. The highest BCUT2D eigenvalue weighted by molar-refractivity contribution is 7.98. The number of amides is 1. The van der Waals surface area contributed by atoms with Crippen molar-refractivity contribution in [2.75, 3.05) is 18.6 Å². The lowest BCUT2D eigenvalue weighted by atomic mass is 9.84. The minimum atomic E-state index is -0.133. The third kappa shape index (κ3) is 3.50. The zero-order valence-corrected chi connectivity index (χ0v) is 9.61. The van der Waals surface area contributed by atoms with Crippen LogP contribution in [-0.4, -0.2) is 30.5 Å². The van der Waals surface area contributed by atoms with E-state index >= 15 is 0 Å². The van der Waals surface area contributed by atoms with Crippen LogP contribution >= 0.6 is 11.8 Å². The van der Waals surface area contributed by atoms with Crippen LogP contribution in [-0.2, 0) is 4.79 Å². The standard InChI is InChI=1S/C10H20N2OS/c1-14-7-6-12-9-5-3-2-4-8(9)10(11)13/h8-9,12H,2-7H2,1H3,(H2,11,13)/t8-,9+/m0/s1. The van der Waals surface area contributed by atoms with Crippen molar-refractivity contribution in [1.29, 1.82) is 0 Å². The quantitative estimate of drug-likeness (QED) is 0.674. The fraction of sp³-hybridized carbons (Fsp3) is 0.900. The molecule has 0 unspecified atom stereocenters. The predicted molar refractivity (Wildman–Crippen MR) is 61.3 cm³/mol. The van der Waals surface area contributed by atoms with Gasteiger partial charge in [-0.25, -0.2) is 0 Å². The van der Waals surface area contributed by atoms with Gasteiger partial charge in [-0.05, 0) is 19.1 Å². The van der Waals surface area contributed by atoms with Crippen LogP contribution in [0, 0.1) is 5.92 Å². The van der Waals surface area contributed by atoms with Crippen molar-refractivity contribution in [3.8, 4) is 0 Å². The van der Waals surface area contributed by atoms with Gasteiger partial charge in [0.05, 0.1) is 5.92 Å². The lowest BCUT2D eigenvalue weighted by molar-refractivity contribution is -0.123. The molecule has 0 aromatic heterocycles. The Morgan fingerprint density at radius 1 is 1.50 bits per heavy atom. The molecule has 1 rings (SSSR count). The van der Waals surface area contributed by atoms with Gasteiger partial charge < -0.3 is 11.1 Å². The van der Waals surface area contributed by atoms with E-state index in [4.69, 9.17) is 5.73 Å². The van der Waals surface area contributed by atoms with Crippen molar-refractivity contribution in [3.05, 3.63) is 0 Å². The van der Waals surface area contributed by atoms with Gasteiger partial charge >= 0.3 is 0 Å². The molecule has 4 heteroatoms. The lowest BCUT2D eigenvalue weighted by Gasteiger charge is -2.30. The number of primary amides is 1. The molecule has 3 N–H and O–H groups in total. The maximum Gasteiger partial charge on any atom is 0.222 e. The van der Waals surface area contributed by atoms with Crippen LogP contribution in [0.25, 0.3) is 0 Å². The number of nitrogens with one attached hydrogen (secondary N) is 1. The first-order chi connectivity index (χ1) is 6.75. The van der Waals surface area contributed by atoms with Crippen LogP contribution < -0.4 is 11.1 Å². The van der Waals surface area contributed by atoms with Crippen LogP contribution in [0.4, 0.5) is 0 Å². The third-order valence-corrected chi connectivity index (χ3v) is 3.46. The number of nitrogens with two attached hydrogens (primary N) is 1. The van der Waals surface area contributed by atoms with Gasteiger partial charge in [-0.15, -0.1) is 0 Å². The van der Waals surface area contributed by atoms with E-state index in [2.05, 4.69) is 11.6 Å². The van der Waals surface area contributed by atoms with Gasteiger partial charge in [0.25, 0.3) is 0 Å². The molecule has 14 heavy (non-hydrogen) atoms. The molecule has 0 radical (unpaired) electrons. The topological polar surface area (TPSA) is 55.1 Å². The molecule has 0 aromatic rings. The summed E-state index contributed by atoms with van der Waals surface area (Å²) in [7, 11) is 0. The number of hydrogen-bond acceptors (Lipinski definition) is 3. The Hall–Kier alpha value is -0.220. The Bertz CT molecular complexity index is 187. The van der Waals surface area contributed by atoms with Crippen LogP contribution in [0.5, 0.6) is 0 Å². The molecule has 1 saturated carbocycles. The smallest absolute Gasteiger partial charge is 0.222 e. The molecular weight excluding hydrogens is 196 g/mol. The second-order valence-corrected chi connectivity index (χ2v) is 4.83.